The molecule has 4 aliphatic rings. The summed E-state index contributed by atoms with van der Waals surface area (Å²) in [6.45, 7) is 2.95. The minimum absolute atomic E-state index is 0.190. The van der Waals surface area contributed by atoms with Crippen molar-refractivity contribution in [1.82, 2.24) is 15.0 Å². The molecule has 2 N–H and O–H groups in total. The summed E-state index contributed by atoms with van der Waals surface area (Å²) in [7, 11) is 0. The molecule has 0 aliphatic carbocycles. The van der Waals surface area contributed by atoms with Gasteiger partial charge in [-0.15, -0.1) is 0 Å². The Bertz CT molecular complexity index is 1360. The summed E-state index contributed by atoms with van der Waals surface area (Å²) >= 11 is 1.43. The van der Waals surface area contributed by atoms with Crippen molar-refractivity contribution in [1.29, 1.82) is 0 Å². The van der Waals surface area contributed by atoms with Crippen molar-refractivity contribution in [2.24, 2.45) is 0 Å². The number of aliphatic hydroxyl groups excluding tert-OH is 1. The summed E-state index contributed by atoms with van der Waals surface area (Å²) in [6, 6.07) is 6.63. The van der Waals surface area contributed by atoms with Gasteiger partial charge in [0.05, 0.1) is 30.9 Å². The summed E-state index contributed by atoms with van der Waals surface area (Å²) in [5, 5.41) is 14.2. The molecule has 0 radical (unpaired) electrons. The largest absolute Gasteiger partial charge is 0.487 e. The lowest BCUT2D eigenvalue weighted by Crippen LogP contribution is -2.61. The van der Waals surface area contributed by atoms with E-state index in [1.807, 2.05) is 6.07 Å². The first kappa shape index (κ1) is 23.0. The van der Waals surface area contributed by atoms with Crippen LogP contribution in [0.3, 0.4) is 0 Å². The molecule has 0 amide bonds. The van der Waals surface area contributed by atoms with Gasteiger partial charge in [-0.1, -0.05) is 11.8 Å². The predicted octanol–water partition coefficient (Wildman–Crippen LogP) is 3.20. The van der Waals surface area contributed by atoms with E-state index in [1.54, 1.807) is 24.5 Å². The maximum atomic E-state index is 13.7. The molecule has 9 nitrogen and oxygen atoms in total. The Hall–Kier alpha value is -3.15. The zero-order valence-electron chi connectivity index (χ0n) is 20.1. The van der Waals surface area contributed by atoms with Gasteiger partial charge in [0.15, 0.2) is 17.4 Å². The number of hydrogen-bond acceptors (Lipinski definition) is 10. The number of anilines is 2. The molecule has 2 aromatic heterocycles. The number of benzene rings is 1. The number of ether oxygens (including phenoxy) is 3. The standard InChI is InChI=1S/C26H26FN5O4S/c27-17-1-2-19-16(9-17)10-26(36-19)4-7-32(8-5-26)24-18(12-33)30-21(11-29-24)37-20-3-6-28-23-22(20)35-15-25(31-23)13-34-14-25/h1-3,6,9,11,33H,4-5,7-8,10,12-15H2,(H,28,31). The smallest absolute Gasteiger partial charge is 0.175 e. The van der Waals surface area contributed by atoms with E-state index in [0.29, 0.717) is 67.4 Å². The Morgan fingerprint density at radius 1 is 1.14 bits per heavy atom. The fraction of sp³-hybridized carbons (Fsp3) is 0.423. The number of pyridine rings is 1. The average Bonchev–Trinajstić information content (AvgIpc) is 3.24. The number of aliphatic hydroxyl groups is 1. The summed E-state index contributed by atoms with van der Waals surface area (Å²) in [5.41, 5.74) is 0.962. The van der Waals surface area contributed by atoms with Gasteiger partial charge in [0.2, 0.25) is 0 Å². The van der Waals surface area contributed by atoms with Crippen molar-refractivity contribution < 1.29 is 23.7 Å². The molecule has 2 fully saturated rings. The van der Waals surface area contributed by atoms with Gasteiger partial charge >= 0.3 is 0 Å². The molecule has 2 spiro atoms. The number of rotatable bonds is 4. The Morgan fingerprint density at radius 2 is 2.00 bits per heavy atom. The molecule has 1 aromatic carbocycles. The number of hydrogen-bond donors (Lipinski definition) is 2. The molecule has 0 unspecified atom stereocenters. The second-order valence-corrected chi connectivity index (χ2v) is 11.2. The van der Waals surface area contributed by atoms with Crippen LogP contribution in [-0.4, -0.2) is 64.1 Å². The minimum Gasteiger partial charge on any atom is -0.487 e. The summed E-state index contributed by atoms with van der Waals surface area (Å²) in [4.78, 5) is 16.9. The quantitative estimate of drug-likeness (QED) is 0.530. The fourth-order valence-electron chi connectivity index (χ4n) is 5.48. The predicted molar refractivity (Wildman–Crippen MR) is 134 cm³/mol. The molecular formula is C26H26FN5O4S. The van der Waals surface area contributed by atoms with Crippen molar-refractivity contribution in [2.75, 3.05) is 43.1 Å². The van der Waals surface area contributed by atoms with Gasteiger partial charge in [0.1, 0.15) is 40.0 Å². The van der Waals surface area contributed by atoms with Crippen LogP contribution >= 0.6 is 11.8 Å². The molecule has 192 valence electrons. The third-order valence-electron chi connectivity index (χ3n) is 7.50. The molecule has 11 heteroatoms. The number of halogens is 1. The van der Waals surface area contributed by atoms with Gasteiger partial charge in [-0.3, -0.25) is 0 Å². The van der Waals surface area contributed by atoms with Crippen LogP contribution < -0.4 is 19.7 Å². The number of nitrogens with one attached hydrogen (secondary N) is 1. The third kappa shape index (κ3) is 4.05. The van der Waals surface area contributed by atoms with Crippen LogP contribution in [0.25, 0.3) is 0 Å². The summed E-state index contributed by atoms with van der Waals surface area (Å²) in [5.74, 6) is 2.63. The Kier molecular flexibility index (Phi) is 5.42. The first-order chi connectivity index (χ1) is 18.0. The maximum absolute atomic E-state index is 13.7. The monoisotopic (exact) mass is 523 g/mol. The van der Waals surface area contributed by atoms with Gasteiger partial charge in [-0.25, -0.2) is 19.3 Å². The van der Waals surface area contributed by atoms with Crippen LogP contribution in [0, 0.1) is 5.82 Å². The van der Waals surface area contributed by atoms with E-state index in [-0.39, 0.29) is 23.6 Å². The van der Waals surface area contributed by atoms with Crippen LogP contribution in [-0.2, 0) is 17.8 Å². The third-order valence-corrected chi connectivity index (χ3v) is 8.45. The second-order valence-electron chi connectivity index (χ2n) is 10.1. The van der Waals surface area contributed by atoms with E-state index in [1.165, 1.54) is 17.8 Å². The molecular weight excluding hydrogens is 497 g/mol. The van der Waals surface area contributed by atoms with Gasteiger partial charge in [0.25, 0.3) is 0 Å². The lowest BCUT2D eigenvalue weighted by atomic mass is 9.87. The van der Waals surface area contributed by atoms with Gasteiger partial charge in [-0.05, 0) is 24.3 Å². The van der Waals surface area contributed by atoms with Gasteiger partial charge < -0.3 is 29.5 Å². The van der Waals surface area contributed by atoms with Crippen molar-refractivity contribution in [2.45, 2.75) is 46.9 Å². The van der Waals surface area contributed by atoms with Crippen molar-refractivity contribution in [3.8, 4) is 11.5 Å². The first-order valence-corrected chi connectivity index (χ1v) is 13.2. The molecule has 0 saturated carbocycles. The Labute approximate surface area is 217 Å². The van der Waals surface area contributed by atoms with Gasteiger partial charge in [-0.2, -0.15) is 0 Å². The van der Waals surface area contributed by atoms with E-state index in [4.69, 9.17) is 24.2 Å². The molecule has 6 heterocycles. The van der Waals surface area contributed by atoms with E-state index >= 15 is 0 Å². The molecule has 2 saturated heterocycles. The fourth-order valence-corrected chi connectivity index (χ4v) is 6.35. The summed E-state index contributed by atoms with van der Waals surface area (Å²) in [6.07, 6.45) is 5.76. The molecule has 0 atom stereocenters. The topological polar surface area (TPSA) is 102 Å². The molecule has 4 aliphatic heterocycles. The van der Waals surface area contributed by atoms with Crippen LogP contribution in [0.2, 0.25) is 0 Å². The van der Waals surface area contributed by atoms with Crippen LogP contribution in [0.5, 0.6) is 11.5 Å². The first-order valence-electron chi connectivity index (χ1n) is 12.4. The van der Waals surface area contributed by atoms with Crippen LogP contribution in [0.4, 0.5) is 16.0 Å². The lowest BCUT2D eigenvalue weighted by molar-refractivity contribution is -0.0652. The van der Waals surface area contributed by atoms with E-state index in [0.717, 1.165) is 29.1 Å². The molecule has 7 rings (SSSR count). The highest BCUT2D eigenvalue weighted by Gasteiger charge is 2.44. The SMILES string of the molecule is OCc1nc(Sc2ccnc3c2OCC2(COC2)N3)cnc1N1CCC2(CC1)Cc1cc(F)ccc1O2. The number of piperidine rings is 1. The minimum atomic E-state index is -0.312. The highest BCUT2D eigenvalue weighted by molar-refractivity contribution is 7.99. The van der Waals surface area contributed by atoms with Gasteiger partial charge in [0, 0.05) is 44.1 Å². The Balaban J connectivity index is 1.06. The number of aromatic nitrogens is 3. The van der Waals surface area contributed by atoms with E-state index < -0.39 is 0 Å². The van der Waals surface area contributed by atoms with Crippen molar-refractivity contribution in [3.05, 3.63) is 53.7 Å². The zero-order valence-corrected chi connectivity index (χ0v) is 20.9. The van der Waals surface area contributed by atoms with E-state index in [2.05, 4.69) is 15.2 Å². The zero-order chi connectivity index (χ0) is 25.0. The summed E-state index contributed by atoms with van der Waals surface area (Å²) < 4.78 is 31.4. The highest BCUT2D eigenvalue weighted by Crippen LogP contribution is 2.44. The van der Waals surface area contributed by atoms with Crippen LogP contribution in [0.15, 0.2) is 46.6 Å². The van der Waals surface area contributed by atoms with Crippen molar-refractivity contribution in [3.63, 3.8) is 0 Å². The van der Waals surface area contributed by atoms with E-state index in [9.17, 15) is 9.50 Å². The molecule has 0 bridgehead atoms. The normalized spacial score (nSPS) is 20.4. The molecule has 37 heavy (non-hydrogen) atoms. The second kappa shape index (κ2) is 8.71. The lowest BCUT2D eigenvalue weighted by Gasteiger charge is -2.45. The molecule has 3 aromatic rings. The van der Waals surface area contributed by atoms with Crippen LogP contribution in [0.1, 0.15) is 24.1 Å². The highest BCUT2D eigenvalue weighted by atomic mass is 32.2. The van der Waals surface area contributed by atoms with Crippen molar-refractivity contribution >= 4 is 23.4 Å². The number of fused-ring (bicyclic) bond motifs is 2. The maximum Gasteiger partial charge on any atom is 0.175 e. The number of nitrogens with zero attached hydrogens (tertiary/aromatic N) is 4. The Morgan fingerprint density at radius 3 is 2.78 bits per heavy atom. The average molecular weight is 524 g/mol.